The molecule has 0 spiro atoms. The lowest BCUT2D eigenvalue weighted by molar-refractivity contribution is 0.108. The molecule has 0 bridgehead atoms. The Bertz CT molecular complexity index is 415. The minimum atomic E-state index is 0.675. The van der Waals surface area contributed by atoms with Gasteiger partial charge in [-0.05, 0) is 43.9 Å². The van der Waals surface area contributed by atoms with Crippen LogP contribution in [-0.4, -0.2) is 30.6 Å². The van der Waals surface area contributed by atoms with Crippen molar-refractivity contribution in [2.75, 3.05) is 25.0 Å². The van der Waals surface area contributed by atoms with E-state index < -0.39 is 0 Å². The molecule has 1 aromatic carbocycles. The summed E-state index contributed by atoms with van der Waals surface area (Å²) in [5.41, 5.74) is 2.86. The molecule has 3 unspecified atom stereocenters. The van der Waals surface area contributed by atoms with Crippen LogP contribution in [0, 0.1) is 5.92 Å². The van der Waals surface area contributed by atoms with Crippen molar-refractivity contribution in [1.82, 2.24) is 4.90 Å². The van der Waals surface area contributed by atoms with Crippen LogP contribution in [0.2, 0.25) is 0 Å². The van der Waals surface area contributed by atoms with Crippen molar-refractivity contribution < 1.29 is 0 Å². The highest BCUT2D eigenvalue weighted by Gasteiger charge is 2.29. The maximum absolute atomic E-state index is 3.54. The second kappa shape index (κ2) is 4.93. The van der Waals surface area contributed by atoms with Gasteiger partial charge in [0.2, 0.25) is 0 Å². The van der Waals surface area contributed by atoms with Crippen molar-refractivity contribution in [3.63, 3.8) is 0 Å². The van der Waals surface area contributed by atoms with E-state index in [1.54, 1.807) is 0 Å². The van der Waals surface area contributed by atoms with Crippen molar-refractivity contribution in [1.29, 1.82) is 0 Å². The third-order valence-corrected chi connectivity index (χ3v) is 4.90. The highest BCUT2D eigenvalue weighted by Crippen LogP contribution is 2.33. The highest BCUT2D eigenvalue weighted by atomic mass is 15.2. The number of benzene rings is 1. The summed E-state index contributed by atoms with van der Waals surface area (Å²) in [6, 6.07) is 9.53. The largest absolute Gasteiger partial charge is 0.384 e. The van der Waals surface area contributed by atoms with Crippen LogP contribution >= 0.6 is 0 Å². The van der Waals surface area contributed by atoms with Gasteiger partial charge in [0.25, 0.3) is 0 Å². The van der Waals surface area contributed by atoms with Crippen LogP contribution < -0.4 is 5.32 Å². The lowest BCUT2D eigenvalue weighted by atomic mass is 9.90. The van der Waals surface area contributed by atoms with Gasteiger partial charge in [-0.25, -0.2) is 0 Å². The van der Waals surface area contributed by atoms with Crippen molar-refractivity contribution in [2.45, 2.75) is 38.6 Å². The standard InChI is InChI=1S/C16H24N2/c1-12-6-5-9-18(13(12)2)11-14-10-17-16-8-4-3-7-15(14)16/h3-4,7-8,12-14,17H,5-6,9-11H2,1-2H3. The number of hydrogen-bond acceptors (Lipinski definition) is 2. The fraction of sp³-hybridized carbons (Fsp3) is 0.625. The molecular weight excluding hydrogens is 220 g/mol. The van der Waals surface area contributed by atoms with E-state index in [9.17, 15) is 0 Å². The lowest BCUT2D eigenvalue weighted by Gasteiger charge is -2.39. The molecule has 2 aliphatic rings. The van der Waals surface area contributed by atoms with Gasteiger partial charge in [0.15, 0.2) is 0 Å². The minimum Gasteiger partial charge on any atom is -0.384 e. The van der Waals surface area contributed by atoms with Gasteiger partial charge in [0.1, 0.15) is 0 Å². The number of rotatable bonds is 2. The number of anilines is 1. The van der Waals surface area contributed by atoms with E-state index in [-0.39, 0.29) is 0 Å². The van der Waals surface area contributed by atoms with E-state index in [4.69, 9.17) is 0 Å². The van der Waals surface area contributed by atoms with Crippen LogP contribution in [-0.2, 0) is 0 Å². The lowest BCUT2D eigenvalue weighted by Crippen LogP contribution is -2.44. The molecule has 3 rings (SSSR count). The van der Waals surface area contributed by atoms with Crippen molar-refractivity contribution in [3.05, 3.63) is 29.8 Å². The summed E-state index contributed by atoms with van der Waals surface area (Å²) >= 11 is 0. The van der Waals surface area contributed by atoms with Crippen molar-refractivity contribution >= 4 is 5.69 Å². The quantitative estimate of drug-likeness (QED) is 0.858. The predicted octanol–water partition coefficient (Wildman–Crippen LogP) is 3.32. The Balaban J connectivity index is 1.71. The Labute approximate surface area is 110 Å². The van der Waals surface area contributed by atoms with Gasteiger partial charge in [-0.15, -0.1) is 0 Å². The Morgan fingerprint density at radius 2 is 2.11 bits per heavy atom. The average Bonchev–Trinajstić information content (AvgIpc) is 2.79. The van der Waals surface area contributed by atoms with E-state index in [1.165, 1.54) is 37.2 Å². The molecule has 0 saturated carbocycles. The number of nitrogens with one attached hydrogen (secondary N) is 1. The normalized spacial score (nSPS) is 32.0. The SMILES string of the molecule is CC1CCCN(CC2CNc3ccccc32)C1C. The summed E-state index contributed by atoms with van der Waals surface area (Å²) in [5, 5.41) is 3.54. The second-order valence-corrected chi connectivity index (χ2v) is 6.02. The Hall–Kier alpha value is -1.02. The molecule has 0 amide bonds. The fourth-order valence-corrected chi connectivity index (χ4v) is 3.48. The van der Waals surface area contributed by atoms with Crippen LogP contribution in [0.3, 0.4) is 0 Å². The molecule has 0 aromatic heterocycles. The molecule has 98 valence electrons. The summed E-state index contributed by atoms with van der Waals surface area (Å²) in [4.78, 5) is 2.70. The molecule has 3 atom stereocenters. The Morgan fingerprint density at radius 1 is 1.28 bits per heavy atom. The molecule has 1 aromatic rings. The number of para-hydroxylation sites is 1. The second-order valence-electron chi connectivity index (χ2n) is 6.02. The molecule has 1 fully saturated rings. The number of likely N-dealkylation sites (tertiary alicyclic amines) is 1. The number of piperidine rings is 1. The van der Waals surface area contributed by atoms with Gasteiger partial charge in [-0.1, -0.05) is 25.1 Å². The van der Waals surface area contributed by atoms with Crippen molar-refractivity contribution in [3.8, 4) is 0 Å². The molecule has 1 saturated heterocycles. The molecule has 2 heteroatoms. The Kier molecular flexibility index (Phi) is 3.29. The topological polar surface area (TPSA) is 15.3 Å². The number of nitrogens with zero attached hydrogens (tertiary/aromatic N) is 1. The van der Waals surface area contributed by atoms with Gasteiger partial charge in [0, 0.05) is 30.7 Å². The predicted molar refractivity (Wildman–Crippen MR) is 77.1 cm³/mol. The molecular formula is C16H24N2. The molecule has 1 N–H and O–H groups in total. The van der Waals surface area contributed by atoms with E-state index in [2.05, 4.69) is 48.3 Å². The van der Waals surface area contributed by atoms with Crippen LogP contribution in [0.1, 0.15) is 38.2 Å². The summed E-state index contributed by atoms with van der Waals surface area (Å²) in [7, 11) is 0. The summed E-state index contributed by atoms with van der Waals surface area (Å²) in [5.74, 6) is 1.53. The first-order valence-corrected chi connectivity index (χ1v) is 7.32. The van der Waals surface area contributed by atoms with Crippen molar-refractivity contribution in [2.24, 2.45) is 5.92 Å². The summed E-state index contributed by atoms with van der Waals surface area (Å²) in [6.07, 6.45) is 2.77. The van der Waals surface area contributed by atoms with Gasteiger partial charge < -0.3 is 5.32 Å². The van der Waals surface area contributed by atoms with E-state index in [1.807, 2.05) is 0 Å². The third kappa shape index (κ3) is 2.14. The molecule has 2 nitrogen and oxygen atoms in total. The van der Waals surface area contributed by atoms with Gasteiger partial charge in [0.05, 0.1) is 0 Å². The Morgan fingerprint density at radius 3 is 3.00 bits per heavy atom. The van der Waals surface area contributed by atoms with E-state index in [0.717, 1.165) is 18.5 Å². The fourth-order valence-electron chi connectivity index (χ4n) is 3.48. The molecule has 18 heavy (non-hydrogen) atoms. The summed E-state index contributed by atoms with van der Waals surface area (Å²) < 4.78 is 0. The first-order chi connectivity index (χ1) is 8.75. The van der Waals surface area contributed by atoms with Crippen LogP contribution in [0.25, 0.3) is 0 Å². The molecule has 0 aliphatic carbocycles. The number of fused-ring (bicyclic) bond motifs is 1. The zero-order valence-corrected chi connectivity index (χ0v) is 11.5. The van der Waals surface area contributed by atoms with E-state index in [0.29, 0.717) is 5.92 Å². The first kappa shape index (κ1) is 12.0. The molecule has 2 heterocycles. The zero-order valence-electron chi connectivity index (χ0n) is 11.5. The zero-order chi connectivity index (χ0) is 12.5. The maximum atomic E-state index is 3.54. The monoisotopic (exact) mass is 244 g/mol. The highest BCUT2D eigenvalue weighted by molar-refractivity contribution is 5.57. The van der Waals surface area contributed by atoms with Gasteiger partial charge >= 0.3 is 0 Å². The molecule has 2 aliphatic heterocycles. The van der Waals surface area contributed by atoms with Crippen LogP contribution in [0.4, 0.5) is 5.69 Å². The van der Waals surface area contributed by atoms with Gasteiger partial charge in [-0.3, -0.25) is 4.90 Å². The van der Waals surface area contributed by atoms with E-state index >= 15 is 0 Å². The average molecular weight is 244 g/mol. The number of hydrogen-bond donors (Lipinski definition) is 1. The third-order valence-electron chi connectivity index (χ3n) is 4.90. The molecule has 0 radical (unpaired) electrons. The minimum absolute atomic E-state index is 0.675. The maximum Gasteiger partial charge on any atom is 0.0376 e. The summed E-state index contributed by atoms with van der Waals surface area (Å²) in [6.45, 7) is 8.41. The van der Waals surface area contributed by atoms with Crippen LogP contribution in [0.5, 0.6) is 0 Å². The van der Waals surface area contributed by atoms with Crippen LogP contribution in [0.15, 0.2) is 24.3 Å². The first-order valence-electron chi connectivity index (χ1n) is 7.32. The van der Waals surface area contributed by atoms with Gasteiger partial charge in [-0.2, -0.15) is 0 Å². The smallest absolute Gasteiger partial charge is 0.0376 e.